The number of nitriles is 1. The summed E-state index contributed by atoms with van der Waals surface area (Å²) in [5, 5.41) is 15.8. The Hall–Kier alpha value is -2.68. The smallest absolute Gasteiger partial charge is 0.263 e. The summed E-state index contributed by atoms with van der Waals surface area (Å²) in [5.74, 6) is 3.68. The number of rotatable bonds is 6. The molecule has 1 unspecified atom stereocenters. The Labute approximate surface area is 177 Å². The van der Waals surface area contributed by atoms with Crippen LogP contribution in [0.3, 0.4) is 0 Å². The van der Waals surface area contributed by atoms with Crippen LogP contribution in [0.5, 0.6) is 11.5 Å². The molecule has 1 heterocycles. The summed E-state index contributed by atoms with van der Waals surface area (Å²) in [5.41, 5.74) is 1.35. The maximum atomic E-state index is 12.5. The number of nitrogens with one attached hydrogen (secondary N) is 2. The molecule has 158 valence electrons. The van der Waals surface area contributed by atoms with Gasteiger partial charge in [-0.25, -0.2) is 0 Å². The summed E-state index contributed by atoms with van der Waals surface area (Å²) in [7, 11) is 0. The molecule has 1 atom stereocenters. The second-order valence-corrected chi connectivity index (χ2v) is 9.71. The number of ether oxygens (including phenoxy) is 2. The highest BCUT2D eigenvalue weighted by atomic mass is 16.7. The maximum Gasteiger partial charge on any atom is 0.263 e. The van der Waals surface area contributed by atoms with Crippen molar-refractivity contribution in [2.24, 2.45) is 23.2 Å². The van der Waals surface area contributed by atoms with Crippen LogP contribution in [0.4, 0.5) is 0 Å². The summed E-state index contributed by atoms with van der Waals surface area (Å²) in [6.45, 7) is 2.78. The largest absolute Gasteiger partial charge is 0.454 e. The first-order valence-electron chi connectivity index (χ1n) is 11.1. The van der Waals surface area contributed by atoms with Crippen LogP contribution < -0.4 is 20.1 Å². The van der Waals surface area contributed by atoms with E-state index in [4.69, 9.17) is 9.47 Å². The van der Waals surface area contributed by atoms with E-state index >= 15 is 0 Å². The molecular formula is C24H29N3O3. The van der Waals surface area contributed by atoms with Crippen molar-refractivity contribution in [3.8, 4) is 17.6 Å². The molecule has 1 aromatic rings. The average molecular weight is 408 g/mol. The van der Waals surface area contributed by atoms with Gasteiger partial charge in [0.1, 0.15) is 11.6 Å². The average Bonchev–Trinajstić information content (AvgIpc) is 3.19. The van der Waals surface area contributed by atoms with Gasteiger partial charge in [-0.2, -0.15) is 5.26 Å². The van der Waals surface area contributed by atoms with E-state index in [1.807, 2.05) is 18.2 Å². The van der Waals surface area contributed by atoms with Gasteiger partial charge in [-0.05, 0) is 86.3 Å². The second-order valence-electron chi connectivity index (χ2n) is 9.71. The fourth-order valence-electron chi connectivity index (χ4n) is 6.57. The third-order valence-electron chi connectivity index (χ3n) is 7.74. The first-order valence-corrected chi connectivity index (χ1v) is 11.1. The van der Waals surface area contributed by atoms with Crippen LogP contribution in [0.2, 0.25) is 0 Å². The molecule has 2 N–H and O–H groups in total. The molecule has 0 saturated heterocycles. The molecule has 30 heavy (non-hydrogen) atoms. The van der Waals surface area contributed by atoms with E-state index in [9.17, 15) is 10.1 Å². The first kappa shape index (κ1) is 19.3. The van der Waals surface area contributed by atoms with Gasteiger partial charge in [0.15, 0.2) is 11.5 Å². The number of benzene rings is 1. The molecule has 6 nitrogen and oxygen atoms in total. The molecule has 4 bridgehead atoms. The fraction of sp³-hybridized carbons (Fsp3) is 0.583. The minimum atomic E-state index is -0.361. The Morgan fingerprint density at radius 3 is 2.53 bits per heavy atom. The van der Waals surface area contributed by atoms with Crippen molar-refractivity contribution in [3.05, 3.63) is 35.5 Å². The zero-order chi connectivity index (χ0) is 20.7. The summed E-state index contributed by atoms with van der Waals surface area (Å²) in [6, 6.07) is 7.90. The lowest BCUT2D eigenvalue weighted by Crippen LogP contribution is -2.54. The molecule has 4 saturated carbocycles. The van der Waals surface area contributed by atoms with Crippen molar-refractivity contribution in [2.75, 3.05) is 6.79 Å². The van der Waals surface area contributed by atoms with Crippen molar-refractivity contribution in [2.45, 2.75) is 58.0 Å². The Bertz CT molecular complexity index is 881. The fourth-order valence-corrected chi connectivity index (χ4v) is 6.57. The van der Waals surface area contributed by atoms with E-state index in [0.29, 0.717) is 23.5 Å². The topological polar surface area (TPSA) is 83.4 Å². The Morgan fingerprint density at radius 1 is 1.20 bits per heavy atom. The van der Waals surface area contributed by atoms with Crippen molar-refractivity contribution in [1.82, 2.24) is 10.6 Å². The van der Waals surface area contributed by atoms with Crippen LogP contribution in [-0.4, -0.2) is 18.7 Å². The zero-order valence-electron chi connectivity index (χ0n) is 17.4. The third kappa shape index (κ3) is 3.51. The molecule has 1 aromatic carbocycles. The van der Waals surface area contributed by atoms with Crippen LogP contribution in [-0.2, 0) is 11.3 Å². The standard InChI is InChI=1S/C24H29N3O3/c1-15(24-8-17-4-18(9-24)6-19(5-17)10-24)26-13-20(11-25)23(28)27-12-16-2-3-21-22(7-16)30-14-29-21/h2-3,7,13,15,17-19,26H,4-6,8-10,12,14H2,1H3,(H,27,28)/b20-13-. The molecule has 0 radical (unpaired) electrons. The number of hydrogen-bond acceptors (Lipinski definition) is 5. The number of fused-ring (bicyclic) bond motifs is 1. The lowest BCUT2D eigenvalue weighted by atomic mass is 9.48. The molecule has 0 aromatic heterocycles. The number of hydrogen-bond donors (Lipinski definition) is 2. The molecule has 0 spiro atoms. The van der Waals surface area contributed by atoms with Crippen molar-refractivity contribution in [1.29, 1.82) is 5.26 Å². The molecule has 6 rings (SSSR count). The monoisotopic (exact) mass is 407 g/mol. The van der Waals surface area contributed by atoms with Gasteiger partial charge in [-0.3, -0.25) is 4.79 Å². The molecule has 6 heteroatoms. The third-order valence-corrected chi connectivity index (χ3v) is 7.74. The van der Waals surface area contributed by atoms with Gasteiger partial charge < -0.3 is 20.1 Å². The van der Waals surface area contributed by atoms with Crippen molar-refractivity contribution in [3.63, 3.8) is 0 Å². The molecule has 4 aliphatic carbocycles. The predicted octanol–water partition coefficient (Wildman–Crippen LogP) is 3.63. The van der Waals surface area contributed by atoms with Gasteiger partial charge >= 0.3 is 0 Å². The van der Waals surface area contributed by atoms with E-state index < -0.39 is 0 Å². The highest BCUT2D eigenvalue weighted by Gasteiger charge is 2.53. The highest BCUT2D eigenvalue weighted by Crippen LogP contribution is 2.61. The lowest BCUT2D eigenvalue weighted by Gasteiger charge is -2.59. The van der Waals surface area contributed by atoms with Gasteiger partial charge in [0.25, 0.3) is 5.91 Å². The van der Waals surface area contributed by atoms with Crippen LogP contribution in [0.15, 0.2) is 30.0 Å². The van der Waals surface area contributed by atoms with Gasteiger partial charge in [-0.1, -0.05) is 6.07 Å². The Morgan fingerprint density at radius 2 is 1.87 bits per heavy atom. The van der Waals surface area contributed by atoms with E-state index in [1.54, 1.807) is 6.20 Å². The number of amides is 1. The van der Waals surface area contributed by atoms with Gasteiger partial charge in [0, 0.05) is 18.8 Å². The number of carbonyl (C=O) groups is 1. The molecule has 4 fully saturated rings. The normalized spacial score (nSPS) is 31.9. The highest BCUT2D eigenvalue weighted by molar-refractivity contribution is 5.97. The first-order chi connectivity index (χ1) is 14.5. The van der Waals surface area contributed by atoms with E-state index in [0.717, 1.165) is 23.3 Å². The van der Waals surface area contributed by atoms with E-state index in [2.05, 4.69) is 23.6 Å². The molecule has 1 amide bonds. The molecular weight excluding hydrogens is 378 g/mol. The van der Waals surface area contributed by atoms with Gasteiger partial charge in [0.2, 0.25) is 6.79 Å². The number of carbonyl (C=O) groups excluding carboxylic acids is 1. The summed E-state index contributed by atoms with van der Waals surface area (Å²) >= 11 is 0. The van der Waals surface area contributed by atoms with E-state index in [1.165, 1.54) is 38.5 Å². The summed E-state index contributed by atoms with van der Waals surface area (Å²) < 4.78 is 10.7. The van der Waals surface area contributed by atoms with Gasteiger partial charge in [0.05, 0.1) is 0 Å². The minimum absolute atomic E-state index is 0.118. The second kappa shape index (κ2) is 7.54. The Kier molecular flexibility index (Phi) is 4.85. The van der Waals surface area contributed by atoms with Crippen LogP contribution in [0.1, 0.15) is 51.0 Å². The molecule has 1 aliphatic heterocycles. The summed E-state index contributed by atoms with van der Waals surface area (Å²) in [6.07, 6.45) is 9.73. The Balaban J connectivity index is 1.20. The minimum Gasteiger partial charge on any atom is -0.454 e. The maximum absolute atomic E-state index is 12.5. The van der Waals surface area contributed by atoms with Crippen LogP contribution in [0, 0.1) is 34.5 Å². The van der Waals surface area contributed by atoms with Gasteiger partial charge in [-0.15, -0.1) is 0 Å². The SMILES string of the molecule is CC(N/C=C(/C#N)C(=O)NCc1ccc2c(c1)OCO2)C12CC3CC(CC(C3)C1)C2. The van der Waals surface area contributed by atoms with E-state index in [-0.39, 0.29) is 24.3 Å². The van der Waals surface area contributed by atoms with Crippen molar-refractivity contribution >= 4 is 5.91 Å². The van der Waals surface area contributed by atoms with Crippen LogP contribution >= 0.6 is 0 Å². The quantitative estimate of drug-likeness (QED) is 0.556. The lowest BCUT2D eigenvalue weighted by molar-refractivity contribution is -0.117. The van der Waals surface area contributed by atoms with Crippen LogP contribution in [0.25, 0.3) is 0 Å². The predicted molar refractivity (Wildman–Crippen MR) is 111 cm³/mol. The summed E-state index contributed by atoms with van der Waals surface area (Å²) in [4.78, 5) is 12.5. The zero-order valence-corrected chi connectivity index (χ0v) is 17.4. The molecule has 5 aliphatic rings. The number of nitrogens with zero attached hydrogens (tertiary/aromatic N) is 1. The van der Waals surface area contributed by atoms with Crippen molar-refractivity contribution < 1.29 is 14.3 Å².